The summed E-state index contributed by atoms with van der Waals surface area (Å²) in [6.07, 6.45) is 2.73. The monoisotopic (exact) mass is 337 g/mol. The first kappa shape index (κ1) is 17.5. The first-order chi connectivity index (χ1) is 9.21. The van der Waals surface area contributed by atoms with Crippen LogP contribution in [0, 0.1) is 6.92 Å². The molecule has 0 aliphatic heterocycles. The Morgan fingerprint density at radius 3 is 2.60 bits per heavy atom. The Balaban J connectivity index is 3.07. The van der Waals surface area contributed by atoms with Gasteiger partial charge in [-0.05, 0) is 38.3 Å². The lowest BCUT2D eigenvalue weighted by molar-refractivity contribution is 0.0702. The molecule has 0 aromatic carbocycles. The quantitative estimate of drug-likeness (QED) is 0.827. The smallest absolute Gasteiger partial charge is 0.345 e. The Kier molecular flexibility index (Phi) is 6.06. The molecule has 1 N–H and O–H groups in total. The van der Waals surface area contributed by atoms with Crippen LogP contribution in [0.3, 0.4) is 0 Å². The van der Waals surface area contributed by atoms with Crippen LogP contribution < -0.4 is 0 Å². The van der Waals surface area contributed by atoms with Crippen LogP contribution >= 0.6 is 23.1 Å². The number of hydrogen-bond acceptors (Lipinski definition) is 5. The number of hydrogen-bond donors (Lipinski definition) is 1. The third-order valence-corrected chi connectivity index (χ3v) is 7.01. The molecular weight excluding hydrogens is 318 g/mol. The van der Waals surface area contributed by atoms with Crippen molar-refractivity contribution in [1.29, 1.82) is 0 Å². The van der Waals surface area contributed by atoms with Crippen molar-refractivity contribution in [3.63, 3.8) is 0 Å². The van der Waals surface area contributed by atoms with E-state index in [1.54, 1.807) is 18.7 Å². The Hall–Kier alpha value is -0.570. The number of carboxylic acids is 1. The zero-order valence-electron chi connectivity index (χ0n) is 11.9. The van der Waals surface area contributed by atoms with E-state index in [-0.39, 0.29) is 15.8 Å². The average Bonchev–Trinajstić information content (AvgIpc) is 2.78. The molecule has 5 nitrogen and oxygen atoms in total. The van der Waals surface area contributed by atoms with E-state index in [0.29, 0.717) is 4.88 Å². The van der Waals surface area contributed by atoms with Crippen LogP contribution in [0.25, 0.3) is 0 Å². The highest BCUT2D eigenvalue weighted by Crippen LogP contribution is 2.29. The third-order valence-electron chi connectivity index (χ3n) is 3.10. The van der Waals surface area contributed by atoms with Gasteiger partial charge in [-0.25, -0.2) is 13.2 Å². The van der Waals surface area contributed by atoms with Crippen molar-refractivity contribution >= 4 is 39.1 Å². The predicted octanol–water partition coefficient (Wildman–Crippen LogP) is 2.52. The van der Waals surface area contributed by atoms with Gasteiger partial charge in [0.05, 0.1) is 4.90 Å². The van der Waals surface area contributed by atoms with E-state index in [9.17, 15) is 13.2 Å². The molecular formula is C12H19NO4S3. The second-order valence-corrected chi connectivity index (χ2v) is 8.70. The summed E-state index contributed by atoms with van der Waals surface area (Å²) in [6, 6.07) is 1.12. The number of sulfonamides is 1. The van der Waals surface area contributed by atoms with Gasteiger partial charge in [-0.3, -0.25) is 0 Å². The maximum absolute atomic E-state index is 12.5. The van der Waals surface area contributed by atoms with Gasteiger partial charge >= 0.3 is 5.97 Å². The Morgan fingerprint density at radius 1 is 1.55 bits per heavy atom. The van der Waals surface area contributed by atoms with Crippen LogP contribution in [0.2, 0.25) is 0 Å². The van der Waals surface area contributed by atoms with E-state index in [4.69, 9.17) is 5.11 Å². The first-order valence-electron chi connectivity index (χ1n) is 6.02. The molecule has 1 atom stereocenters. The lowest BCUT2D eigenvalue weighted by atomic mass is 10.3. The van der Waals surface area contributed by atoms with Crippen molar-refractivity contribution in [2.75, 3.05) is 19.1 Å². The van der Waals surface area contributed by atoms with Crippen LogP contribution in [-0.2, 0) is 10.0 Å². The van der Waals surface area contributed by atoms with Crippen molar-refractivity contribution in [3.05, 3.63) is 15.8 Å². The third kappa shape index (κ3) is 3.75. The number of carboxylic acid groups (broad SMARTS) is 1. The van der Waals surface area contributed by atoms with Crippen LogP contribution in [0.5, 0.6) is 0 Å². The van der Waals surface area contributed by atoms with E-state index in [1.165, 1.54) is 17.4 Å². The van der Waals surface area contributed by atoms with Gasteiger partial charge in [-0.2, -0.15) is 16.1 Å². The van der Waals surface area contributed by atoms with Crippen LogP contribution in [-0.4, -0.2) is 48.9 Å². The number of thioether (sulfide) groups is 1. The molecule has 0 saturated heterocycles. The Bertz CT molecular complexity index is 580. The molecule has 0 bridgehead atoms. The number of carbonyl (C=O) groups is 1. The van der Waals surface area contributed by atoms with Gasteiger partial charge in [0.15, 0.2) is 0 Å². The fourth-order valence-electron chi connectivity index (χ4n) is 1.69. The predicted molar refractivity (Wildman–Crippen MR) is 83.4 cm³/mol. The van der Waals surface area contributed by atoms with Crippen molar-refractivity contribution < 1.29 is 18.3 Å². The van der Waals surface area contributed by atoms with Crippen LogP contribution in [0.4, 0.5) is 0 Å². The van der Waals surface area contributed by atoms with Crippen molar-refractivity contribution in [2.45, 2.75) is 31.2 Å². The van der Waals surface area contributed by atoms with Gasteiger partial charge in [-0.15, -0.1) is 11.3 Å². The molecule has 1 rings (SSSR count). The average molecular weight is 337 g/mol. The molecule has 0 fully saturated rings. The van der Waals surface area contributed by atoms with Gasteiger partial charge in [0, 0.05) is 18.0 Å². The summed E-state index contributed by atoms with van der Waals surface area (Å²) in [4.78, 5) is 11.6. The highest BCUT2D eigenvalue weighted by atomic mass is 32.2. The van der Waals surface area contributed by atoms with E-state index in [2.05, 4.69) is 0 Å². The fourth-order valence-corrected chi connectivity index (χ4v) is 5.05. The van der Waals surface area contributed by atoms with Gasteiger partial charge < -0.3 is 5.11 Å². The molecule has 0 saturated carbocycles. The Labute approximate surface area is 128 Å². The van der Waals surface area contributed by atoms with Gasteiger partial charge in [0.1, 0.15) is 4.88 Å². The zero-order valence-corrected chi connectivity index (χ0v) is 14.4. The zero-order chi connectivity index (χ0) is 15.5. The minimum Gasteiger partial charge on any atom is -0.477 e. The molecule has 0 aliphatic rings. The summed E-state index contributed by atoms with van der Waals surface area (Å²) in [5.74, 6) is -0.220. The van der Waals surface area contributed by atoms with Crippen molar-refractivity contribution in [1.82, 2.24) is 4.31 Å². The first-order valence-corrected chi connectivity index (χ1v) is 9.67. The fraction of sp³-hybridized carbons (Fsp3) is 0.583. The van der Waals surface area contributed by atoms with Gasteiger partial charge in [0.2, 0.25) is 10.0 Å². The van der Waals surface area contributed by atoms with Crippen LogP contribution in [0.1, 0.15) is 27.9 Å². The van der Waals surface area contributed by atoms with Crippen molar-refractivity contribution in [2.24, 2.45) is 0 Å². The molecule has 1 heterocycles. The number of thiophene rings is 1. The minimum atomic E-state index is -3.64. The maximum atomic E-state index is 12.5. The summed E-state index contributed by atoms with van der Waals surface area (Å²) in [6.45, 7) is 3.48. The topological polar surface area (TPSA) is 74.7 Å². The molecule has 0 spiro atoms. The summed E-state index contributed by atoms with van der Waals surface area (Å²) in [5, 5.41) is 8.95. The molecule has 1 aromatic rings. The van der Waals surface area contributed by atoms with E-state index in [1.807, 2.05) is 13.2 Å². The second kappa shape index (κ2) is 6.93. The summed E-state index contributed by atoms with van der Waals surface area (Å²) in [5.41, 5.74) is 0. The number of rotatable bonds is 7. The van der Waals surface area contributed by atoms with E-state index < -0.39 is 16.0 Å². The molecule has 0 radical (unpaired) electrons. The summed E-state index contributed by atoms with van der Waals surface area (Å²) in [7, 11) is -2.10. The number of aryl methyl sites for hydroxylation is 1. The van der Waals surface area contributed by atoms with Crippen LogP contribution in [0.15, 0.2) is 11.0 Å². The lowest BCUT2D eigenvalue weighted by Gasteiger charge is -2.24. The van der Waals surface area contributed by atoms with E-state index in [0.717, 1.165) is 23.5 Å². The number of aromatic carboxylic acids is 1. The molecule has 0 aliphatic carbocycles. The SMILES string of the molecule is CSCCC(C)N(C)S(=O)(=O)c1cc(C(=O)O)sc1C. The van der Waals surface area contributed by atoms with Crippen molar-refractivity contribution in [3.8, 4) is 0 Å². The largest absolute Gasteiger partial charge is 0.477 e. The molecule has 1 unspecified atom stereocenters. The second-order valence-electron chi connectivity index (χ2n) is 4.49. The van der Waals surface area contributed by atoms with Gasteiger partial charge in [0.25, 0.3) is 0 Å². The standard InChI is InChI=1S/C12H19NO4S3/c1-8(5-6-18-4)13(3)20(16,17)11-7-10(12(14)15)19-9(11)2/h7-8H,5-6H2,1-4H3,(H,14,15). The molecule has 0 amide bonds. The lowest BCUT2D eigenvalue weighted by Crippen LogP contribution is -2.35. The van der Waals surface area contributed by atoms with E-state index >= 15 is 0 Å². The normalized spacial score (nSPS) is 13.7. The number of nitrogens with zero attached hydrogens (tertiary/aromatic N) is 1. The molecule has 8 heteroatoms. The highest BCUT2D eigenvalue weighted by molar-refractivity contribution is 7.98. The summed E-state index contributed by atoms with van der Waals surface area (Å²) >= 11 is 2.65. The molecule has 20 heavy (non-hydrogen) atoms. The highest BCUT2D eigenvalue weighted by Gasteiger charge is 2.29. The minimum absolute atomic E-state index is 0.0474. The summed E-state index contributed by atoms with van der Waals surface area (Å²) < 4.78 is 26.4. The van der Waals surface area contributed by atoms with Gasteiger partial charge in [-0.1, -0.05) is 0 Å². The molecule has 114 valence electrons. The molecule has 1 aromatic heterocycles. The maximum Gasteiger partial charge on any atom is 0.345 e. The Morgan fingerprint density at radius 2 is 2.15 bits per heavy atom.